The van der Waals surface area contributed by atoms with Gasteiger partial charge in [-0.1, -0.05) is 25.1 Å². The first-order chi connectivity index (χ1) is 18.8. The summed E-state index contributed by atoms with van der Waals surface area (Å²) < 4.78 is 22.3. The lowest BCUT2D eigenvalue weighted by atomic mass is 9.95. The smallest absolute Gasteiger partial charge is 0.338 e. The third-order valence-electron chi connectivity index (χ3n) is 5.85. The molecule has 1 amide bonds. The first-order valence-corrected chi connectivity index (χ1v) is 13.0. The zero-order valence-electron chi connectivity index (χ0n) is 22.7. The zero-order chi connectivity index (χ0) is 28.4. The van der Waals surface area contributed by atoms with Crippen LogP contribution < -0.4 is 30.3 Å². The lowest BCUT2D eigenvalue weighted by Crippen LogP contribution is -2.45. The van der Waals surface area contributed by atoms with E-state index >= 15 is 0 Å². The molecule has 2 aromatic rings. The Bertz CT molecular complexity index is 1260. The summed E-state index contributed by atoms with van der Waals surface area (Å²) in [7, 11) is 1.57. The number of methoxy groups -OCH3 is 1. The number of allylic oxidation sites excluding steroid dienone is 1. The highest BCUT2D eigenvalue weighted by Gasteiger charge is 2.32. The summed E-state index contributed by atoms with van der Waals surface area (Å²) in [5.74, 6) is 0.690. The number of thiocarbonyl (C=S) groups is 1. The summed E-state index contributed by atoms with van der Waals surface area (Å²) >= 11 is 5.30. The van der Waals surface area contributed by atoms with Gasteiger partial charge in [0.25, 0.3) is 5.91 Å². The zero-order valence-corrected chi connectivity index (χ0v) is 23.5. The van der Waals surface area contributed by atoms with Gasteiger partial charge in [-0.2, -0.15) is 5.10 Å². The van der Waals surface area contributed by atoms with E-state index in [1.54, 1.807) is 51.3 Å². The van der Waals surface area contributed by atoms with E-state index in [0.29, 0.717) is 39.2 Å². The monoisotopic (exact) mass is 554 g/mol. The predicted molar refractivity (Wildman–Crippen MR) is 152 cm³/mol. The minimum atomic E-state index is -0.614. The molecule has 0 fully saturated rings. The number of benzene rings is 2. The molecule has 10 nitrogen and oxygen atoms in total. The van der Waals surface area contributed by atoms with E-state index in [0.717, 1.165) is 12.0 Å². The van der Waals surface area contributed by atoms with Gasteiger partial charge in [-0.25, -0.2) is 10.2 Å². The number of esters is 1. The lowest BCUT2D eigenvalue weighted by molar-refractivity contribution is -0.139. The summed E-state index contributed by atoms with van der Waals surface area (Å²) in [6, 6.07) is 11.9. The van der Waals surface area contributed by atoms with E-state index in [1.807, 2.05) is 26.0 Å². The fourth-order valence-electron chi connectivity index (χ4n) is 3.77. The van der Waals surface area contributed by atoms with Crippen LogP contribution in [0.2, 0.25) is 0 Å². The largest absolute Gasteiger partial charge is 0.493 e. The van der Waals surface area contributed by atoms with Crippen molar-refractivity contribution >= 4 is 35.4 Å². The number of ether oxygens (including phenoxy) is 4. The van der Waals surface area contributed by atoms with Crippen LogP contribution in [0, 0.1) is 0 Å². The SMILES string of the molecule is CCOC(=O)C1=C(C)NC(=S)N[C@@H]1c1ccccc1OCC(=O)NN=Cc1ccc(O[C@@H](C)CC)c(OC)c1. The maximum absolute atomic E-state index is 12.7. The molecule has 3 N–H and O–H groups in total. The second-order valence-electron chi connectivity index (χ2n) is 8.66. The molecule has 3 rings (SSSR count). The first kappa shape index (κ1) is 29.4. The van der Waals surface area contributed by atoms with Crippen molar-refractivity contribution in [2.24, 2.45) is 5.10 Å². The Morgan fingerprint density at radius 2 is 1.92 bits per heavy atom. The van der Waals surface area contributed by atoms with E-state index in [2.05, 4.69) is 21.2 Å². The van der Waals surface area contributed by atoms with Crippen LogP contribution in [0.3, 0.4) is 0 Å². The van der Waals surface area contributed by atoms with Crippen LogP contribution in [0.5, 0.6) is 17.2 Å². The van der Waals surface area contributed by atoms with Crippen molar-refractivity contribution in [3.8, 4) is 17.2 Å². The summed E-state index contributed by atoms with van der Waals surface area (Å²) in [5, 5.41) is 10.4. The van der Waals surface area contributed by atoms with Gasteiger partial charge in [0.2, 0.25) is 0 Å². The maximum atomic E-state index is 12.7. The average Bonchev–Trinajstić information content (AvgIpc) is 2.92. The van der Waals surface area contributed by atoms with E-state index < -0.39 is 17.9 Å². The number of hydrogen-bond acceptors (Lipinski definition) is 8. The van der Waals surface area contributed by atoms with Crippen molar-refractivity contribution in [2.45, 2.75) is 46.3 Å². The number of hydrogen-bond donors (Lipinski definition) is 3. The Labute approximate surface area is 233 Å². The number of rotatable bonds is 12. The number of nitrogens with one attached hydrogen (secondary N) is 3. The third kappa shape index (κ3) is 7.93. The Hall–Kier alpha value is -4.12. The van der Waals surface area contributed by atoms with E-state index in [4.69, 9.17) is 31.2 Å². The molecule has 1 aliphatic heterocycles. The van der Waals surface area contributed by atoms with Gasteiger partial charge in [0.15, 0.2) is 23.2 Å². The maximum Gasteiger partial charge on any atom is 0.338 e. The van der Waals surface area contributed by atoms with Crippen LogP contribution in [0.25, 0.3) is 0 Å². The minimum Gasteiger partial charge on any atom is -0.493 e. The van der Waals surface area contributed by atoms with Crippen LogP contribution in [-0.2, 0) is 14.3 Å². The quantitative estimate of drug-likeness (QED) is 0.156. The minimum absolute atomic E-state index is 0.0572. The first-order valence-electron chi connectivity index (χ1n) is 12.6. The van der Waals surface area contributed by atoms with Crippen LogP contribution in [0.4, 0.5) is 0 Å². The molecule has 0 saturated carbocycles. The summed E-state index contributed by atoms with van der Waals surface area (Å²) in [4.78, 5) is 25.2. The Kier molecular flexibility index (Phi) is 10.7. The molecule has 0 aromatic heterocycles. The molecule has 39 heavy (non-hydrogen) atoms. The molecule has 0 spiro atoms. The second kappa shape index (κ2) is 14.1. The Morgan fingerprint density at radius 1 is 1.15 bits per heavy atom. The average molecular weight is 555 g/mol. The Balaban J connectivity index is 1.67. The van der Waals surface area contributed by atoms with Crippen LogP contribution in [0.15, 0.2) is 58.8 Å². The number of carbonyl (C=O) groups excluding carboxylic acids is 2. The van der Waals surface area contributed by atoms with Crippen molar-refractivity contribution in [3.05, 3.63) is 64.9 Å². The van der Waals surface area contributed by atoms with Gasteiger partial charge >= 0.3 is 5.97 Å². The van der Waals surface area contributed by atoms with Gasteiger partial charge in [-0.05, 0) is 69.2 Å². The van der Waals surface area contributed by atoms with Gasteiger partial charge in [-0.15, -0.1) is 0 Å². The molecule has 0 bridgehead atoms. The van der Waals surface area contributed by atoms with Gasteiger partial charge in [0.05, 0.1) is 37.7 Å². The summed E-state index contributed by atoms with van der Waals surface area (Å²) in [5.41, 5.74) is 4.77. The molecule has 0 radical (unpaired) electrons. The highest BCUT2D eigenvalue weighted by atomic mass is 32.1. The van der Waals surface area contributed by atoms with Crippen molar-refractivity contribution in [2.75, 3.05) is 20.3 Å². The molecule has 1 aliphatic rings. The summed E-state index contributed by atoms with van der Waals surface area (Å²) in [6.07, 6.45) is 2.43. The molecular formula is C28H34N4O6S. The topological polar surface area (TPSA) is 120 Å². The molecule has 11 heteroatoms. The van der Waals surface area contributed by atoms with Gasteiger partial charge in [-0.3, -0.25) is 4.79 Å². The molecule has 0 unspecified atom stereocenters. The van der Waals surface area contributed by atoms with Crippen molar-refractivity contribution in [1.82, 2.24) is 16.1 Å². The lowest BCUT2D eigenvalue weighted by Gasteiger charge is -2.30. The number of hydrazone groups is 1. The number of amides is 1. The fraction of sp³-hybridized carbons (Fsp3) is 0.357. The number of nitrogens with zero attached hydrogens (tertiary/aromatic N) is 1. The second-order valence-corrected chi connectivity index (χ2v) is 9.07. The third-order valence-corrected chi connectivity index (χ3v) is 6.07. The van der Waals surface area contributed by atoms with Gasteiger partial charge < -0.3 is 29.6 Å². The van der Waals surface area contributed by atoms with Gasteiger partial charge in [0, 0.05) is 11.3 Å². The molecule has 2 aromatic carbocycles. The van der Waals surface area contributed by atoms with Crippen molar-refractivity contribution < 1.29 is 28.5 Å². The highest BCUT2D eigenvalue weighted by Crippen LogP contribution is 2.33. The van der Waals surface area contributed by atoms with E-state index in [9.17, 15) is 9.59 Å². The molecular weight excluding hydrogens is 520 g/mol. The highest BCUT2D eigenvalue weighted by molar-refractivity contribution is 7.80. The fourth-order valence-corrected chi connectivity index (χ4v) is 4.04. The predicted octanol–water partition coefficient (Wildman–Crippen LogP) is 3.76. The van der Waals surface area contributed by atoms with Crippen LogP contribution >= 0.6 is 12.2 Å². The van der Waals surface area contributed by atoms with Crippen molar-refractivity contribution in [1.29, 1.82) is 0 Å². The molecule has 0 aliphatic carbocycles. The van der Waals surface area contributed by atoms with Gasteiger partial charge in [0.1, 0.15) is 5.75 Å². The van der Waals surface area contributed by atoms with E-state index in [1.165, 1.54) is 6.21 Å². The molecule has 0 saturated heterocycles. The van der Waals surface area contributed by atoms with Crippen LogP contribution in [0.1, 0.15) is 51.3 Å². The molecule has 208 valence electrons. The molecule has 1 heterocycles. The standard InChI is InChI=1S/C28H34N4O6S/c1-6-17(3)38-22-13-12-19(14-23(22)35-5)15-29-32-24(33)16-37-21-11-9-8-10-20(21)26-25(27(34)36-7-2)18(4)30-28(39)31-26/h8-15,17,26H,6-7,16H2,1-5H3,(H,32,33)(H2,30,31,39)/t17-,26+/m0/s1. The summed E-state index contributed by atoms with van der Waals surface area (Å²) in [6.45, 7) is 7.45. The molecule has 2 atom stereocenters. The normalized spacial score (nSPS) is 15.7. The van der Waals surface area contributed by atoms with Crippen molar-refractivity contribution in [3.63, 3.8) is 0 Å². The van der Waals surface area contributed by atoms with Crippen LogP contribution in [-0.4, -0.2) is 49.6 Å². The number of carbonyl (C=O) groups is 2. The number of para-hydroxylation sites is 1. The Morgan fingerprint density at radius 3 is 2.64 bits per heavy atom. The van der Waals surface area contributed by atoms with E-state index in [-0.39, 0.29) is 19.3 Å².